The zero-order chi connectivity index (χ0) is 17.6. The Balaban J connectivity index is 1.78. The molecule has 0 atom stereocenters. The first-order chi connectivity index (χ1) is 12.2. The van der Waals surface area contributed by atoms with Crippen molar-refractivity contribution < 1.29 is 9.53 Å². The zero-order valence-corrected chi connectivity index (χ0v) is 14.2. The van der Waals surface area contributed by atoms with Crippen molar-refractivity contribution >= 4 is 34.6 Å². The van der Waals surface area contributed by atoms with E-state index in [0.29, 0.717) is 22.9 Å². The van der Waals surface area contributed by atoms with Gasteiger partial charge >= 0.3 is 0 Å². The van der Waals surface area contributed by atoms with E-state index in [0.717, 1.165) is 16.7 Å². The second kappa shape index (κ2) is 7.72. The number of hydrogen-bond donors (Lipinski definition) is 1. The number of halogens is 1. The molecule has 1 amide bonds. The fourth-order valence-electron chi connectivity index (χ4n) is 2.22. The molecule has 0 radical (unpaired) electrons. The van der Waals surface area contributed by atoms with Crippen LogP contribution in [0.1, 0.15) is 22.8 Å². The number of aromatic nitrogens is 2. The third-order valence-electron chi connectivity index (χ3n) is 3.39. The largest absolute Gasteiger partial charge is 0.494 e. The maximum Gasteiger partial charge on any atom is 0.271 e. The Bertz CT molecular complexity index is 929. The van der Waals surface area contributed by atoms with E-state index in [1.54, 1.807) is 24.5 Å². The topological polar surface area (TPSA) is 76.5 Å². The lowest BCUT2D eigenvalue weighted by Gasteiger charge is -2.06. The number of carbonyl (C=O) groups excluding carboxylic acids is 1. The van der Waals surface area contributed by atoms with Crippen LogP contribution in [0.5, 0.6) is 5.75 Å². The number of pyridine rings is 2. The Kier molecular flexibility index (Phi) is 5.20. The summed E-state index contributed by atoms with van der Waals surface area (Å²) in [6.45, 7) is 2.51. The van der Waals surface area contributed by atoms with Crippen molar-refractivity contribution in [2.24, 2.45) is 5.10 Å². The highest BCUT2D eigenvalue weighted by Crippen LogP contribution is 2.23. The number of nitrogens with one attached hydrogen (secondary N) is 1. The van der Waals surface area contributed by atoms with E-state index in [2.05, 4.69) is 20.5 Å². The molecule has 2 heterocycles. The number of benzene rings is 1. The van der Waals surface area contributed by atoms with E-state index in [1.807, 2.05) is 31.2 Å². The van der Waals surface area contributed by atoms with Crippen molar-refractivity contribution in [1.82, 2.24) is 15.4 Å². The highest BCUT2D eigenvalue weighted by atomic mass is 35.5. The number of rotatable bonds is 5. The first-order valence-corrected chi connectivity index (χ1v) is 8.01. The van der Waals surface area contributed by atoms with Gasteiger partial charge in [0.2, 0.25) is 0 Å². The van der Waals surface area contributed by atoms with Crippen LogP contribution in [-0.4, -0.2) is 28.7 Å². The van der Waals surface area contributed by atoms with Gasteiger partial charge in [0.25, 0.3) is 5.91 Å². The lowest BCUT2D eigenvalue weighted by Crippen LogP contribution is -2.17. The van der Waals surface area contributed by atoms with Crippen LogP contribution in [0.3, 0.4) is 0 Å². The molecule has 0 saturated heterocycles. The molecule has 126 valence electrons. The molecule has 0 aliphatic rings. The summed E-state index contributed by atoms with van der Waals surface area (Å²) in [6, 6.07) is 10.7. The molecular weight excluding hydrogens is 340 g/mol. The lowest BCUT2D eigenvalue weighted by atomic mass is 10.1. The number of ether oxygens (including phenoxy) is 1. The van der Waals surface area contributed by atoms with Gasteiger partial charge in [-0.05, 0) is 37.3 Å². The molecule has 6 nitrogen and oxygen atoms in total. The molecule has 0 bridgehead atoms. The van der Waals surface area contributed by atoms with Gasteiger partial charge in [0.05, 0.1) is 18.3 Å². The predicted octanol–water partition coefficient (Wildman–Crippen LogP) is 3.45. The summed E-state index contributed by atoms with van der Waals surface area (Å²) < 4.78 is 5.46. The molecule has 0 unspecified atom stereocenters. The molecule has 7 heteroatoms. The quantitative estimate of drug-likeness (QED) is 0.432. The maximum atomic E-state index is 11.9. The van der Waals surface area contributed by atoms with E-state index in [4.69, 9.17) is 16.3 Å². The van der Waals surface area contributed by atoms with Crippen LogP contribution >= 0.6 is 11.6 Å². The highest BCUT2D eigenvalue weighted by molar-refractivity contribution is 6.32. The van der Waals surface area contributed by atoms with Gasteiger partial charge in [0.1, 0.15) is 10.9 Å². The predicted molar refractivity (Wildman–Crippen MR) is 97.2 cm³/mol. The number of fused-ring (bicyclic) bond motifs is 1. The van der Waals surface area contributed by atoms with E-state index >= 15 is 0 Å². The minimum Gasteiger partial charge on any atom is -0.494 e. The van der Waals surface area contributed by atoms with E-state index in [-0.39, 0.29) is 5.91 Å². The van der Waals surface area contributed by atoms with E-state index in [9.17, 15) is 4.79 Å². The summed E-state index contributed by atoms with van der Waals surface area (Å²) in [7, 11) is 0. The Morgan fingerprint density at radius 2 is 2.08 bits per heavy atom. The normalized spacial score (nSPS) is 11.0. The van der Waals surface area contributed by atoms with Crippen molar-refractivity contribution in [3.8, 4) is 5.75 Å². The van der Waals surface area contributed by atoms with Crippen LogP contribution in [0.15, 0.2) is 53.9 Å². The molecule has 2 aromatic heterocycles. The Labute approximate surface area is 149 Å². The minimum atomic E-state index is -0.329. The SMILES string of the molecule is CCOc1ccc2cc(/C=N/NC(=O)c3ccncc3)c(Cl)nc2c1. The Morgan fingerprint density at radius 1 is 1.28 bits per heavy atom. The van der Waals surface area contributed by atoms with Crippen LogP contribution in [0.4, 0.5) is 0 Å². The van der Waals surface area contributed by atoms with Gasteiger partial charge in [-0.25, -0.2) is 10.4 Å². The molecule has 0 spiro atoms. The Morgan fingerprint density at radius 3 is 2.84 bits per heavy atom. The van der Waals surface area contributed by atoms with Gasteiger partial charge in [0.15, 0.2) is 0 Å². The van der Waals surface area contributed by atoms with Crippen LogP contribution in [0, 0.1) is 0 Å². The standard InChI is InChI=1S/C18H15ClN4O2/c1-2-25-15-4-3-13-9-14(17(19)22-16(13)10-15)11-21-23-18(24)12-5-7-20-8-6-12/h3-11H,2H2,1H3,(H,23,24)/b21-11+. The fraction of sp³-hybridized carbons (Fsp3) is 0.111. The summed E-state index contributed by atoms with van der Waals surface area (Å²) in [5, 5.41) is 5.13. The maximum absolute atomic E-state index is 11.9. The first-order valence-electron chi connectivity index (χ1n) is 7.64. The van der Waals surface area contributed by atoms with Crippen LogP contribution in [0.2, 0.25) is 5.15 Å². The van der Waals surface area contributed by atoms with Gasteiger partial charge in [-0.2, -0.15) is 5.10 Å². The van der Waals surface area contributed by atoms with Crippen molar-refractivity contribution in [3.05, 3.63) is 65.1 Å². The number of carbonyl (C=O) groups is 1. The van der Waals surface area contributed by atoms with E-state index in [1.165, 1.54) is 6.21 Å². The van der Waals surface area contributed by atoms with Gasteiger partial charge in [0, 0.05) is 35.0 Å². The zero-order valence-electron chi connectivity index (χ0n) is 13.4. The third kappa shape index (κ3) is 4.10. The summed E-state index contributed by atoms with van der Waals surface area (Å²) in [5.41, 5.74) is 4.25. The van der Waals surface area contributed by atoms with Gasteiger partial charge in [-0.1, -0.05) is 11.6 Å². The fourth-order valence-corrected chi connectivity index (χ4v) is 2.41. The number of amides is 1. The summed E-state index contributed by atoms with van der Waals surface area (Å²) in [6.07, 6.45) is 4.54. The van der Waals surface area contributed by atoms with Crippen molar-refractivity contribution in [3.63, 3.8) is 0 Å². The van der Waals surface area contributed by atoms with Crippen LogP contribution in [-0.2, 0) is 0 Å². The summed E-state index contributed by atoms with van der Waals surface area (Å²) in [5.74, 6) is 0.412. The number of hydrazone groups is 1. The highest BCUT2D eigenvalue weighted by Gasteiger charge is 2.06. The van der Waals surface area contributed by atoms with Crippen molar-refractivity contribution in [2.45, 2.75) is 6.92 Å². The van der Waals surface area contributed by atoms with Crippen LogP contribution < -0.4 is 10.2 Å². The average Bonchev–Trinajstić information content (AvgIpc) is 2.63. The average molecular weight is 355 g/mol. The van der Waals surface area contributed by atoms with Gasteiger partial charge in [-0.3, -0.25) is 9.78 Å². The summed E-state index contributed by atoms with van der Waals surface area (Å²) in [4.78, 5) is 20.1. The molecule has 0 aliphatic heterocycles. The molecule has 1 N–H and O–H groups in total. The molecule has 0 aliphatic carbocycles. The van der Waals surface area contributed by atoms with Crippen molar-refractivity contribution in [1.29, 1.82) is 0 Å². The van der Waals surface area contributed by atoms with Gasteiger partial charge in [-0.15, -0.1) is 0 Å². The van der Waals surface area contributed by atoms with Gasteiger partial charge < -0.3 is 4.74 Å². The Hall–Kier alpha value is -2.99. The molecule has 3 aromatic rings. The second-order valence-corrected chi connectivity index (χ2v) is 5.45. The van der Waals surface area contributed by atoms with Crippen molar-refractivity contribution in [2.75, 3.05) is 6.61 Å². The monoisotopic (exact) mass is 354 g/mol. The molecule has 1 aromatic carbocycles. The molecule has 3 rings (SSSR count). The third-order valence-corrected chi connectivity index (χ3v) is 3.70. The molecule has 25 heavy (non-hydrogen) atoms. The smallest absolute Gasteiger partial charge is 0.271 e. The number of hydrogen-bond acceptors (Lipinski definition) is 5. The molecular formula is C18H15ClN4O2. The second-order valence-electron chi connectivity index (χ2n) is 5.09. The molecule has 0 fully saturated rings. The lowest BCUT2D eigenvalue weighted by molar-refractivity contribution is 0.0955. The minimum absolute atomic E-state index is 0.294. The first kappa shape index (κ1) is 16.9. The van der Waals surface area contributed by atoms with Crippen LogP contribution in [0.25, 0.3) is 10.9 Å². The number of nitrogens with zero attached hydrogens (tertiary/aromatic N) is 3. The van der Waals surface area contributed by atoms with E-state index < -0.39 is 0 Å². The summed E-state index contributed by atoms with van der Waals surface area (Å²) >= 11 is 6.20. The molecule has 0 saturated carbocycles.